The number of fused-ring (bicyclic) bond motifs is 5. The van der Waals surface area contributed by atoms with Crippen molar-refractivity contribution in [3.05, 3.63) is 11.9 Å². The first kappa shape index (κ1) is 20.2. The highest BCUT2D eigenvalue weighted by Gasteiger charge is 2.42. The van der Waals surface area contributed by atoms with Gasteiger partial charge in [0.15, 0.2) is 0 Å². The molecule has 1 aromatic rings. The molecule has 0 aliphatic carbocycles. The zero-order chi connectivity index (χ0) is 20.8. The van der Waals surface area contributed by atoms with E-state index in [1.54, 1.807) is 0 Å². The first-order valence-electron chi connectivity index (χ1n) is 11.2. The second-order valence-electron chi connectivity index (χ2n) is 9.55. The molecule has 1 fully saturated rings. The third-order valence-electron chi connectivity index (χ3n) is 6.46. The fourth-order valence-corrected chi connectivity index (χ4v) is 5.05. The fraction of sp³-hybridized carbons (Fsp3) is 0.773. The van der Waals surface area contributed by atoms with Gasteiger partial charge in [0.25, 0.3) is 0 Å². The number of amides is 1. The molecule has 4 heterocycles. The van der Waals surface area contributed by atoms with Crippen LogP contribution in [0.4, 0.5) is 16.4 Å². The van der Waals surface area contributed by atoms with Crippen LogP contribution in [0.25, 0.3) is 0 Å². The molecule has 0 aromatic carbocycles. The SMILES string of the molecule is CC[C@@H]1CN(CC)c2nc[n+]3c(c2CN1C(=O)OC(C)(C)C)N1CCC[C@H]1CC3. The van der Waals surface area contributed by atoms with Gasteiger partial charge in [0.2, 0.25) is 18.0 Å². The Morgan fingerprint density at radius 3 is 2.79 bits per heavy atom. The van der Waals surface area contributed by atoms with Gasteiger partial charge in [-0.15, -0.1) is 0 Å². The van der Waals surface area contributed by atoms with E-state index in [4.69, 9.17) is 9.72 Å². The molecule has 3 aliphatic heterocycles. The van der Waals surface area contributed by atoms with E-state index in [1.165, 1.54) is 30.6 Å². The Morgan fingerprint density at radius 1 is 1.31 bits per heavy atom. The van der Waals surface area contributed by atoms with Crippen LogP contribution in [0.15, 0.2) is 6.33 Å². The number of likely N-dealkylation sites (N-methyl/N-ethyl adjacent to an activating group) is 1. The lowest BCUT2D eigenvalue weighted by Gasteiger charge is -2.33. The number of rotatable bonds is 2. The molecule has 0 radical (unpaired) electrons. The molecule has 0 spiro atoms. The van der Waals surface area contributed by atoms with E-state index in [9.17, 15) is 4.79 Å². The maximum Gasteiger partial charge on any atom is 0.410 e. The number of nitrogens with zero attached hydrogens (tertiary/aromatic N) is 5. The summed E-state index contributed by atoms with van der Waals surface area (Å²) in [5.74, 6) is 2.31. The number of carbonyl (C=O) groups is 1. The minimum Gasteiger partial charge on any atom is -0.444 e. The number of hydrogen-bond acceptors (Lipinski definition) is 5. The van der Waals surface area contributed by atoms with E-state index < -0.39 is 5.60 Å². The lowest BCUT2D eigenvalue weighted by Crippen LogP contribution is -2.52. The maximum atomic E-state index is 13.2. The van der Waals surface area contributed by atoms with Gasteiger partial charge in [0.1, 0.15) is 11.2 Å². The Hall–Kier alpha value is -2.05. The van der Waals surface area contributed by atoms with Crippen molar-refractivity contribution in [1.82, 2.24) is 9.88 Å². The zero-order valence-corrected chi connectivity index (χ0v) is 18.6. The fourth-order valence-electron chi connectivity index (χ4n) is 5.05. The molecule has 4 rings (SSSR count). The van der Waals surface area contributed by atoms with Crippen LogP contribution in [0.3, 0.4) is 0 Å². The average Bonchev–Trinajstić information content (AvgIpc) is 3.08. The molecule has 2 atom stereocenters. The summed E-state index contributed by atoms with van der Waals surface area (Å²) in [5, 5.41) is 0. The summed E-state index contributed by atoms with van der Waals surface area (Å²) in [4.78, 5) is 24.9. The predicted octanol–water partition coefficient (Wildman–Crippen LogP) is 3.10. The zero-order valence-electron chi connectivity index (χ0n) is 18.6. The number of hydrogen-bond donors (Lipinski definition) is 0. The largest absolute Gasteiger partial charge is 0.444 e. The number of aromatic nitrogens is 2. The molecule has 1 aromatic heterocycles. The average molecular weight is 403 g/mol. The van der Waals surface area contributed by atoms with Crippen molar-refractivity contribution in [3.8, 4) is 0 Å². The quantitative estimate of drug-likeness (QED) is 0.712. The van der Waals surface area contributed by atoms with Crippen LogP contribution in [-0.4, -0.2) is 53.3 Å². The van der Waals surface area contributed by atoms with E-state index in [0.717, 1.165) is 38.4 Å². The lowest BCUT2D eigenvalue weighted by molar-refractivity contribution is -0.692. The van der Waals surface area contributed by atoms with Crippen LogP contribution in [0.1, 0.15) is 65.9 Å². The number of aryl methyl sites for hydroxylation is 1. The van der Waals surface area contributed by atoms with Crippen molar-refractivity contribution in [2.24, 2.45) is 0 Å². The van der Waals surface area contributed by atoms with Gasteiger partial charge in [-0.25, -0.2) is 9.36 Å². The van der Waals surface area contributed by atoms with Gasteiger partial charge in [-0.1, -0.05) is 11.9 Å². The highest BCUT2D eigenvalue weighted by Crippen LogP contribution is 2.37. The van der Waals surface area contributed by atoms with Crippen molar-refractivity contribution >= 4 is 17.7 Å². The Kier molecular flexibility index (Phi) is 5.34. The van der Waals surface area contributed by atoms with Crippen molar-refractivity contribution < 1.29 is 14.1 Å². The Balaban J connectivity index is 1.79. The summed E-state index contributed by atoms with van der Waals surface area (Å²) < 4.78 is 8.11. The van der Waals surface area contributed by atoms with Crippen LogP contribution in [-0.2, 0) is 17.8 Å². The van der Waals surface area contributed by atoms with Crippen molar-refractivity contribution in [1.29, 1.82) is 0 Å². The topological polar surface area (TPSA) is 52.8 Å². The van der Waals surface area contributed by atoms with Crippen LogP contribution in [0.2, 0.25) is 0 Å². The maximum absolute atomic E-state index is 13.2. The smallest absolute Gasteiger partial charge is 0.410 e. The molecule has 7 heteroatoms. The summed E-state index contributed by atoms with van der Waals surface area (Å²) in [5.41, 5.74) is 0.681. The molecule has 7 nitrogen and oxygen atoms in total. The van der Waals surface area contributed by atoms with Gasteiger partial charge < -0.3 is 9.64 Å². The van der Waals surface area contributed by atoms with E-state index in [-0.39, 0.29) is 12.1 Å². The number of carbonyl (C=O) groups excluding carboxylic acids is 1. The molecule has 1 amide bonds. The van der Waals surface area contributed by atoms with Gasteiger partial charge >= 0.3 is 6.09 Å². The molecule has 0 unspecified atom stereocenters. The van der Waals surface area contributed by atoms with Gasteiger partial charge in [-0.05, 0) is 47.0 Å². The predicted molar refractivity (Wildman–Crippen MR) is 113 cm³/mol. The normalized spacial score (nSPS) is 24.0. The Bertz CT molecular complexity index is 775. The summed E-state index contributed by atoms with van der Waals surface area (Å²) in [6.45, 7) is 14.5. The monoisotopic (exact) mass is 402 g/mol. The first-order chi connectivity index (χ1) is 13.8. The Labute approximate surface area is 174 Å². The van der Waals surface area contributed by atoms with Gasteiger partial charge in [-0.2, -0.15) is 0 Å². The van der Waals surface area contributed by atoms with Gasteiger partial charge in [0.05, 0.1) is 31.7 Å². The second kappa shape index (κ2) is 7.65. The summed E-state index contributed by atoms with van der Waals surface area (Å²) >= 11 is 0. The third-order valence-corrected chi connectivity index (χ3v) is 6.46. The van der Waals surface area contributed by atoms with Crippen LogP contribution >= 0.6 is 0 Å². The molecule has 1 saturated heterocycles. The lowest BCUT2D eigenvalue weighted by atomic mass is 10.1. The molecule has 0 saturated carbocycles. The summed E-state index contributed by atoms with van der Waals surface area (Å²) in [6, 6.07) is 0.731. The van der Waals surface area contributed by atoms with Crippen molar-refractivity contribution in [2.45, 2.75) is 91.1 Å². The number of ether oxygens (including phenoxy) is 1. The third kappa shape index (κ3) is 3.76. The molecule has 29 heavy (non-hydrogen) atoms. The molecule has 3 aliphatic rings. The molecule has 160 valence electrons. The van der Waals surface area contributed by atoms with E-state index in [1.807, 2.05) is 32.0 Å². The summed E-state index contributed by atoms with van der Waals surface area (Å²) in [6.07, 6.45) is 6.38. The Morgan fingerprint density at radius 2 is 2.10 bits per heavy atom. The van der Waals surface area contributed by atoms with E-state index in [0.29, 0.717) is 12.6 Å². The first-order valence-corrected chi connectivity index (χ1v) is 11.2. The van der Waals surface area contributed by atoms with Crippen LogP contribution < -0.4 is 14.4 Å². The van der Waals surface area contributed by atoms with E-state index >= 15 is 0 Å². The van der Waals surface area contributed by atoms with Crippen LogP contribution in [0, 0.1) is 0 Å². The minimum absolute atomic E-state index is 0.109. The van der Waals surface area contributed by atoms with Crippen molar-refractivity contribution in [2.75, 3.05) is 29.4 Å². The molecular formula is C22H36N5O2+. The molecule has 0 N–H and O–H groups in total. The standard InChI is InChI=1S/C22H36N5O2/c1-6-16-13-24(7-2)19-18(14-27(16)21(28)29-22(3,4)5)20-25(15-23-19)12-10-17-9-8-11-26(17)20/h15-17H,6-14H2,1-5H3/q+1/t16-,17+/m1/s1. The van der Waals surface area contributed by atoms with E-state index in [2.05, 4.69) is 28.2 Å². The summed E-state index contributed by atoms with van der Waals surface area (Å²) in [7, 11) is 0. The highest BCUT2D eigenvalue weighted by atomic mass is 16.6. The van der Waals surface area contributed by atoms with Crippen LogP contribution in [0.5, 0.6) is 0 Å². The number of anilines is 2. The molecular weight excluding hydrogens is 366 g/mol. The second-order valence-corrected chi connectivity index (χ2v) is 9.55. The van der Waals surface area contributed by atoms with Gasteiger partial charge in [-0.3, -0.25) is 9.80 Å². The minimum atomic E-state index is -0.502. The van der Waals surface area contributed by atoms with Crippen molar-refractivity contribution in [3.63, 3.8) is 0 Å². The highest BCUT2D eigenvalue weighted by molar-refractivity contribution is 5.71. The molecule has 0 bridgehead atoms. The van der Waals surface area contributed by atoms with Gasteiger partial charge in [0, 0.05) is 19.5 Å².